The number of H-pyrrole nitrogens is 1. The number of aromatic nitrogens is 2. The van der Waals surface area contributed by atoms with E-state index in [0.717, 1.165) is 4.57 Å². The third kappa shape index (κ3) is 1.58. The van der Waals surface area contributed by atoms with Gasteiger partial charge in [0, 0.05) is 7.05 Å². The van der Waals surface area contributed by atoms with Crippen molar-refractivity contribution in [2.45, 2.75) is 0 Å². The van der Waals surface area contributed by atoms with Gasteiger partial charge in [-0.15, -0.1) is 0 Å². The number of carbonyl (C=O) groups excluding carboxylic acids is 1. The maximum atomic E-state index is 11.5. The van der Waals surface area contributed by atoms with Gasteiger partial charge in [-0.3, -0.25) is 0 Å². The molecule has 1 aromatic carbocycles. The van der Waals surface area contributed by atoms with E-state index in [1.165, 1.54) is 19.2 Å². The number of amides is 1. The van der Waals surface area contributed by atoms with E-state index in [4.69, 9.17) is 23.2 Å². The molecule has 0 aliphatic carbocycles. The van der Waals surface area contributed by atoms with Gasteiger partial charge in [0.15, 0.2) is 0 Å². The summed E-state index contributed by atoms with van der Waals surface area (Å²) in [5.41, 5.74) is 0.314. The highest BCUT2D eigenvalue weighted by Crippen LogP contribution is 2.26. The molecule has 2 aromatic rings. The number of rotatable bonds is 0. The Balaban J connectivity index is 2.84. The molecular weight excluding hydrogens is 253 g/mol. The van der Waals surface area contributed by atoms with Crippen LogP contribution in [-0.2, 0) is 0 Å². The van der Waals surface area contributed by atoms with Crippen LogP contribution in [0.5, 0.6) is 0 Å². The third-order valence-corrected chi connectivity index (χ3v) is 2.86. The molecule has 0 fully saturated rings. The van der Waals surface area contributed by atoms with E-state index in [9.17, 15) is 9.59 Å². The summed E-state index contributed by atoms with van der Waals surface area (Å²) >= 11 is 11.6. The van der Waals surface area contributed by atoms with Crippen LogP contribution in [0.4, 0.5) is 4.79 Å². The number of carbonyl (C=O) groups is 1. The Morgan fingerprint density at radius 1 is 1.38 bits per heavy atom. The SMILES string of the molecule is CNC(=O)n1c(=O)[nH]c2cc(Cl)c(Cl)cc21. The molecule has 0 bridgehead atoms. The Morgan fingerprint density at radius 3 is 2.62 bits per heavy atom. The number of benzene rings is 1. The summed E-state index contributed by atoms with van der Waals surface area (Å²) in [7, 11) is 1.44. The lowest BCUT2D eigenvalue weighted by Crippen LogP contribution is -2.32. The summed E-state index contributed by atoms with van der Waals surface area (Å²) in [4.78, 5) is 25.5. The van der Waals surface area contributed by atoms with Crippen LogP contribution < -0.4 is 11.0 Å². The number of nitrogens with zero attached hydrogens (tertiary/aromatic N) is 1. The lowest BCUT2D eigenvalue weighted by molar-refractivity contribution is 0.244. The summed E-state index contributed by atoms with van der Waals surface area (Å²) in [5.74, 6) is 0. The molecule has 1 aromatic heterocycles. The minimum Gasteiger partial charge on any atom is -0.340 e. The molecule has 2 rings (SSSR count). The highest BCUT2D eigenvalue weighted by atomic mass is 35.5. The van der Waals surface area contributed by atoms with Crippen molar-refractivity contribution in [2.24, 2.45) is 0 Å². The zero-order valence-corrected chi connectivity index (χ0v) is 9.69. The van der Waals surface area contributed by atoms with Crippen molar-refractivity contribution in [2.75, 3.05) is 7.05 Å². The molecule has 5 nitrogen and oxygen atoms in total. The molecule has 1 amide bonds. The van der Waals surface area contributed by atoms with Gasteiger partial charge in [0.2, 0.25) is 0 Å². The third-order valence-electron chi connectivity index (χ3n) is 2.14. The fourth-order valence-electron chi connectivity index (χ4n) is 1.42. The maximum absolute atomic E-state index is 11.5. The van der Waals surface area contributed by atoms with Crippen LogP contribution in [0.15, 0.2) is 16.9 Å². The number of halogens is 2. The molecule has 0 aliphatic rings. The van der Waals surface area contributed by atoms with Crippen molar-refractivity contribution in [1.29, 1.82) is 0 Å². The quantitative estimate of drug-likeness (QED) is 0.758. The van der Waals surface area contributed by atoms with E-state index in [2.05, 4.69) is 10.3 Å². The lowest BCUT2D eigenvalue weighted by atomic mass is 10.3. The Hall–Kier alpha value is -1.46. The number of fused-ring (bicyclic) bond motifs is 1. The first-order valence-corrected chi connectivity index (χ1v) is 5.12. The van der Waals surface area contributed by atoms with Crippen LogP contribution in [0.25, 0.3) is 11.0 Å². The van der Waals surface area contributed by atoms with E-state index in [0.29, 0.717) is 16.1 Å². The van der Waals surface area contributed by atoms with Gasteiger partial charge in [-0.1, -0.05) is 23.2 Å². The molecule has 1 heterocycles. The smallest absolute Gasteiger partial charge is 0.334 e. The molecule has 0 unspecified atom stereocenters. The van der Waals surface area contributed by atoms with Crippen molar-refractivity contribution in [1.82, 2.24) is 14.9 Å². The summed E-state index contributed by atoms with van der Waals surface area (Å²) in [6.45, 7) is 0. The van der Waals surface area contributed by atoms with Crippen molar-refractivity contribution in [3.8, 4) is 0 Å². The Morgan fingerprint density at radius 2 is 2.00 bits per heavy atom. The molecule has 0 saturated heterocycles. The zero-order chi connectivity index (χ0) is 11.9. The largest absolute Gasteiger partial charge is 0.340 e. The van der Waals surface area contributed by atoms with Crippen molar-refractivity contribution >= 4 is 40.3 Å². The number of nitrogens with one attached hydrogen (secondary N) is 2. The highest BCUT2D eigenvalue weighted by molar-refractivity contribution is 6.42. The predicted molar refractivity (Wildman–Crippen MR) is 62.4 cm³/mol. The minimum absolute atomic E-state index is 0.283. The second-order valence-electron chi connectivity index (χ2n) is 3.10. The molecule has 16 heavy (non-hydrogen) atoms. The van der Waals surface area contributed by atoms with Crippen LogP contribution in [0.2, 0.25) is 10.0 Å². The van der Waals surface area contributed by atoms with Gasteiger partial charge in [-0.25, -0.2) is 14.2 Å². The first kappa shape index (κ1) is 11.0. The lowest BCUT2D eigenvalue weighted by Gasteiger charge is -2.01. The van der Waals surface area contributed by atoms with Gasteiger partial charge in [-0.05, 0) is 12.1 Å². The van der Waals surface area contributed by atoms with Gasteiger partial charge in [-0.2, -0.15) is 0 Å². The number of hydrogen-bond acceptors (Lipinski definition) is 2. The van der Waals surface area contributed by atoms with Gasteiger partial charge >= 0.3 is 11.7 Å². The van der Waals surface area contributed by atoms with E-state index < -0.39 is 11.7 Å². The molecule has 0 radical (unpaired) electrons. The first-order chi connectivity index (χ1) is 7.54. The summed E-state index contributed by atoms with van der Waals surface area (Å²) < 4.78 is 0.956. The Kier molecular flexibility index (Phi) is 2.65. The van der Waals surface area contributed by atoms with Crippen LogP contribution in [-0.4, -0.2) is 22.6 Å². The topological polar surface area (TPSA) is 66.9 Å². The summed E-state index contributed by atoms with van der Waals surface area (Å²) in [5, 5.41) is 2.96. The molecule has 0 saturated carbocycles. The molecule has 84 valence electrons. The number of aromatic amines is 1. The summed E-state index contributed by atoms with van der Waals surface area (Å²) in [6.07, 6.45) is 0. The zero-order valence-electron chi connectivity index (χ0n) is 8.17. The number of hydrogen-bond donors (Lipinski definition) is 2. The second kappa shape index (κ2) is 3.84. The molecular formula is C9H7Cl2N3O2. The Labute approximate surface area is 100.0 Å². The van der Waals surface area contributed by atoms with E-state index >= 15 is 0 Å². The van der Waals surface area contributed by atoms with E-state index in [-0.39, 0.29) is 5.02 Å². The molecule has 0 spiro atoms. The van der Waals surface area contributed by atoms with E-state index in [1.54, 1.807) is 0 Å². The van der Waals surface area contributed by atoms with Crippen LogP contribution >= 0.6 is 23.2 Å². The molecule has 2 N–H and O–H groups in total. The average Bonchev–Trinajstić information content (AvgIpc) is 2.54. The van der Waals surface area contributed by atoms with E-state index in [1.807, 2.05) is 0 Å². The maximum Gasteiger partial charge on any atom is 0.334 e. The van der Waals surface area contributed by atoms with Gasteiger partial charge in [0.25, 0.3) is 0 Å². The van der Waals surface area contributed by atoms with Crippen molar-refractivity contribution in [3.05, 3.63) is 32.7 Å². The first-order valence-electron chi connectivity index (χ1n) is 4.36. The Bertz CT molecular complexity index is 629. The standard InChI is InChI=1S/C9H7Cl2N3O2/c1-12-8(15)14-7-3-5(11)4(10)2-6(7)13-9(14)16/h2-3H,1H3,(H,12,15)(H,13,16). The molecule has 0 atom stereocenters. The van der Waals surface area contributed by atoms with Crippen molar-refractivity contribution in [3.63, 3.8) is 0 Å². The van der Waals surface area contributed by atoms with Crippen LogP contribution in [0.1, 0.15) is 0 Å². The highest BCUT2D eigenvalue weighted by Gasteiger charge is 2.14. The molecule has 0 aliphatic heterocycles. The normalized spacial score (nSPS) is 10.7. The fourth-order valence-corrected chi connectivity index (χ4v) is 1.74. The van der Waals surface area contributed by atoms with Crippen LogP contribution in [0, 0.1) is 0 Å². The molecule has 7 heteroatoms. The minimum atomic E-state index is -0.535. The van der Waals surface area contributed by atoms with Gasteiger partial charge < -0.3 is 10.3 Å². The summed E-state index contributed by atoms with van der Waals surface area (Å²) in [6, 6.07) is 2.43. The average molecular weight is 260 g/mol. The fraction of sp³-hybridized carbons (Fsp3) is 0.111. The number of imidazole rings is 1. The monoisotopic (exact) mass is 259 g/mol. The van der Waals surface area contributed by atoms with Crippen molar-refractivity contribution < 1.29 is 4.79 Å². The van der Waals surface area contributed by atoms with Crippen LogP contribution in [0.3, 0.4) is 0 Å². The van der Waals surface area contributed by atoms with Gasteiger partial charge in [0.05, 0.1) is 21.1 Å². The second-order valence-corrected chi connectivity index (χ2v) is 3.92. The van der Waals surface area contributed by atoms with Gasteiger partial charge in [0.1, 0.15) is 0 Å². The predicted octanol–water partition coefficient (Wildman–Crippen LogP) is 1.82.